The van der Waals surface area contributed by atoms with E-state index >= 15 is 0 Å². The summed E-state index contributed by atoms with van der Waals surface area (Å²) < 4.78 is 0. The SMILES string of the molecule is CC(C)c1ccc(-c2c(N)[nH][nH]c2=O)cc1. The van der Waals surface area contributed by atoms with Crippen LogP contribution in [0.2, 0.25) is 0 Å². The molecule has 0 aliphatic heterocycles. The molecule has 0 unspecified atom stereocenters. The quantitative estimate of drug-likeness (QED) is 0.720. The van der Waals surface area contributed by atoms with Gasteiger partial charge in [-0.25, -0.2) is 0 Å². The second-order valence-corrected chi connectivity index (χ2v) is 4.14. The van der Waals surface area contributed by atoms with E-state index in [2.05, 4.69) is 24.0 Å². The van der Waals surface area contributed by atoms with E-state index in [9.17, 15) is 4.79 Å². The number of aromatic nitrogens is 2. The summed E-state index contributed by atoms with van der Waals surface area (Å²) in [5.74, 6) is 0.859. The molecule has 1 aromatic heterocycles. The predicted molar refractivity (Wildman–Crippen MR) is 65.4 cm³/mol. The summed E-state index contributed by atoms with van der Waals surface area (Å²) in [6.07, 6.45) is 0. The highest BCUT2D eigenvalue weighted by molar-refractivity contribution is 5.72. The van der Waals surface area contributed by atoms with Crippen molar-refractivity contribution in [2.75, 3.05) is 5.73 Å². The fourth-order valence-corrected chi connectivity index (χ4v) is 1.69. The first-order valence-corrected chi connectivity index (χ1v) is 5.26. The van der Waals surface area contributed by atoms with E-state index in [1.54, 1.807) is 0 Å². The third kappa shape index (κ3) is 1.74. The van der Waals surface area contributed by atoms with Gasteiger partial charge in [-0.3, -0.25) is 15.0 Å². The van der Waals surface area contributed by atoms with E-state index < -0.39 is 0 Å². The Bertz CT molecular complexity index is 534. The molecule has 0 amide bonds. The number of nitrogens with one attached hydrogen (secondary N) is 2. The molecule has 0 saturated heterocycles. The minimum atomic E-state index is -0.185. The van der Waals surface area contributed by atoms with Gasteiger partial charge in [0.15, 0.2) is 0 Å². The lowest BCUT2D eigenvalue weighted by molar-refractivity contribution is 0.867. The number of nitrogens with two attached hydrogens (primary N) is 1. The second kappa shape index (κ2) is 3.89. The normalized spacial score (nSPS) is 10.9. The molecule has 0 aliphatic carbocycles. The van der Waals surface area contributed by atoms with E-state index in [0.717, 1.165) is 5.56 Å². The molecule has 1 aromatic carbocycles. The Morgan fingerprint density at radius 3 is 2.19 bits per heavy atom. The topological polar surface area (TPSA) is 74.7 Å². The second-order valence-electron chi connectivity index (χ2n) is 4.14. The van der Waals surface area contributed by atoms with Gasteiger partial charge in [-0.2, -0.15) is 0 Å². The van der Waals surface area contributed by atoms with E-state index in [-0.39, 0.29) is 5.56 Å². The van der Waals surface area contributed by atoms with Crippen molar-refractivity contribution in [2.24, 2.45) is 0 Å². The molecule has 0 fully saturated rings. The van der Waals surface area contributed by atoms with Crippen molar-refractivity contribution < 1.29 is 0 Å². The molecule has 2 aromatic rings. The largest absolute Gasteiger partial charge is 0.383 e. The van der Waals surface area contributed by atoms with E-state index in [0.29, 0.717) is 17.3 Å². The van der Waals surface area contributed by atoms with Crippen molar-refractivity contribution >= 4 is 5.82 Å². The lowest BCUT2D eigenvalue weighted by Crippen LogP contribution is -2.02. The fraction of sp³-hybridized carbons (Fsp3) is 0.250. The zero-order valence-electron chi connectivity index (χ0n) is 9.37. The molecule has 84 valence electrons. The van der Waals surface area contributed by atoms with Crippen molar-refractivity contribution in [3.05, 3.63) is 40.2 Å². The van der Waals surface area contributed by atoms with Crippen molar-refractivity contribution in [3.63, 3.8) is 0 Å². The van der Waals surface area contributed by atoms with Crippen LogP contribution in [0.15, 0.2) is 29.1 Å². The minimum Gasteiger partial charge on any atom is -0.383 e. The maximum Gasteiger partial charge on any atom is 0.273 e. The molecule has 4 heteroatoms. The number of rotatable bonds is 2. The Kier molecular flexibility index (Phi) is 2.56. The molecule has 16 heavy (non-hydrogen) atoms. The first-order chi connectivity index (χ1) is 7.59. The molecule has 4 N–H and O–H groups in total. The zero-order chi connectivity index (χ0) is 11.7. The Morgan fingerprint density at radius 1 is 1.12 bits per heavy atom. The number of nitrogen functional groups attached to an aromatic ring is 1. The number of anilines is 1. The number of H-pyrrole nitrogens is 2. The molecule has 0 bridgehead atoms. The summed E-state index contributed by atoms with van der Waals surface area (Å²) in [5, 5.41) is 5.08. The van der Waals surface area contributed by atoms with Gasteiger partial charge in [0.25, 0.3) is 5.56 Å². The van der Waals surface area contributed by atoms with Crippen LogP contribution < -0.4 is 11.3 Å². The Labute approximate surface area is 93.5 Å². The van der Waals surface area contributed by atoms with Crippen LogP contribution in [-0.2, 0) is 0 Å². The van der Waals surface area contributed by atoms with Gasteiger partial charge in [-0.1, -0.05) is 38.1 Å². The van der Waals surface area contributed by atoms with Crippen LogP contribution in [-0.4, -0.2) is 10.2 Å². The molecule has 1 heterocycles. The molecular weight excluding hydrogens is 202 g/mol. The third-order valence-corrected chi connectivity index (χ3v) is 2.67. The van der Waals surface area contributed by atoms with Crippen LogP contribution in [0.3, 0.4) is 0 Å². The molecule has 0 saturated carbocycles. The maximum atomic E-state index is 11.5. The standard InChI is InChI=1S/C12H15N3O/c1-7(2)8-3-5-9(6-4-8)10-11(13)14-15-12(10)16/h3-7H,1-2H3,(H4,13,14,15,16). The first kappa shape index (κ1) is 10.5. The van der Waals surface area contributed by atoms with E-state index in [1.165, 1.54) is 5.56 Å². The van der Waals surface area contributed by atoms with Crippen molar-refractivity contribution in [2.45, 2.75) is 19.8 Å². The van der Waals surface area contributed by atoms with Gasteiger partial charge in [0.1, 0.15) is 5.82 Å². The van der Waals surface area contributed by atoms with Crippen LogP contribution in [0.4, 0.5) is 5.82 Å². The Hall–Kier alpha value is -1.97. The molecule has 0 spiro atoms. The molecule has 4 nitrogen and oxygen atoms in total. The van der Waals surface area contributed by atoms with Crippen LogP contribution in [0.5, 0.6) is 0 Å². The van der Waals surface area contributed by atoms with Gasteiger partial charge in [0, 0.05) is 0 Å². The van der Waals surface area contributed by atoms with Gasteiger partial charge in [0.2, 0.25) is 0 Å². The minimum absolute atomic E-state index is 0.185. The van der Waals surface area contributed by atoms with E-state index in [4.69, 9.17) is 5.73 Å². The number of aromatic amines is 2. The lowest BCUT2D eigenvalue weighted by atomic mass is 10.00. The van der Waals surface area contributed by atoms with Crippen LogP contribution in [0.1, 0.15) is 25.3 Å². The van der Waals surface area contributed by atoms with Crippen molar-refractivity contribution in [3.8, 4) is 11.1 Å². The molecule has 0 radical (unpaired) electrons. The molecule has 0 aliphatic rings. The number of hydrogen-bond acceptors (Lipinski definition) is 2. The fourth-order valence-electron chi connectivity index (χ4n) is 1.69. The highest BCUT2D eigenvalue weighted by atomic mass is 16.1. The van der Waals surface area contributed by atoms with Gasteiger partial charge in [-0.15, -0.1) is 0 Å². The third-order valence-electron chi connectivity index (χ3n) is 2.67. The Balaban J connectivity index is 2.46. The zero-order valence-corrected chi connectivity index (χ0v) is 9.37. The first-order valence-electron chi connectivity index (χ1n) is 5.26. The average Bonchev–Trinajstić information content (AvgIpc) is 2.59. The van der Waals surface area contributed by atoms with Crippen LogP contribution in [0, 0.1) is 0 Å². The smallest absolute Gasteiger partial charge is 0.273 e. The molecule has 2 rings (SSSR count). The highest BCUT2D eigenvalue weighted by Gasteiger charge is 2.09. The summed E-state index contributed by atoms with van der Waals surface area (Å²) in [4.78, 5) is 11.5. The average molecular weight is 217 g/mol. The van der Waals surface area contributed by atoms with Crippen LogP contribution >= 0.6 is 0 Å². The van der Waals surface area contributed by atoms with Gasteiger partial charge in [0.05, 0.1) is 5.56 Å². The van der Waals surface area contributed by atoms with Gasteiger partial charge in [-0.05, 0) is 17.0 Å². The number of hydrogen-bond donors (Lipinski definition) is 3. The maximum absolute atomic E-state index is 11.5. The monoisotopic (exact) mass is 217 g/mol. The molecule has 0 atom stereocenters. The molecular formula is C12H15N3O. The van der Waals surface area contributed by atoms with Gasteiger partial charge < -0.3 is 5.73 Å². The van der Waals surface area contributed by atoms with Crippen molar-refractivity contribution in [1.29, 1.82) is 0 Å². The summed E-state index contributed by atoms with van der Waals surface area (Å²) in [6, 6.07) is 7.88. The van der Waals surface area contributed by atoms with Gasteiger partial charge >= 0.3 is 0 Å². The number of benzene rings is 1. The predicted octanol–water partition coefficient (Wildman–Crippen LogP) is 2.08. The summed E-state index contributed by atoms with van der Waals surface area (Å²) in [6.45, 7) is 4.26. The van der Waals surface area contributed by atoms with E-state index in [1.807, 2.05) is 24.3 Å². The highest BCUT2D eigenvalue weighted by Crippen LogP contribution is 2.22. The Morgan fingerprint density at radius 2 is 1.75 bits per heavy atom. The summed E-state index contributed by atoms with van der Waals surface area (Å²) >= 11 is 0. The summed E-state index contributed by atoms with van der Waals surface area (Å²) in [7, 11) is 0. The van der Waals surface area contributed by atoms with Crippen LogP contribution in [0.25, 0.3) is 11.1 Å². The summed E-state index contributed by atoms with van der Waals surface area (Å²) in [5.41, 5.74) is 8.09. The van der Waals surface area contributed by atoms with Crippen molar-refractivity contribution in [1.82, 2.24) is 10.2 Å². The lowest BCUT2D eigenvalue weighted by Gasteiger charge is -2.05.